The second-order valence-electron chi connectivity index (χ2n) is 5.36. The first-order chi connectivity index (χ1) is 6.95. The van der Waals surface area contributed by atoms with Gasteiger partial charge in [0.25, 0.3) is 0 Å². The predicted molar refractivity (Wildman–Crippen MR) is 65.5 cm³/mol. The van der Waals surface area contributed by atoms with Crippen molar-refractivity contribution >= 4 is 5.91 Å². The summed E-state index contributed by atoms with van der Waals surface area (Å²) in [4.78, 5) is 11.4. The summed E-state index contributed by atoms with van der Waals surface area (Å²) in [5.41, 5.74) is 0.184. The van der Waals surface area contributed by atoms with Crippen molar-refractivity contribution in [1.82, 2.24) is 5.32 Å². The summed E-state index contributed by atoms with van der Waals surface area (Å²) >= 11 is 0. The molecule has 0 aromatic heterocycles. The number of unbranched alkanes of at least 4 members (excludes halogenated alkanes) is 4. The minimum atomic E-state index is 0.184. The van der Waals surface area contributed by atoms with Crippen LogP contribution in [0.25, 0.3) is 0 Å². The third-order valence-corrected chi connectivity index (χ3v) is 2.22. The van der Waals surface area contributed by atoms with E-state index in [0.29, 0.717) is 6.42 Å². The van der Waals surface area contributed by atoms with Crippen molar-refractivity contribution in [2.75, 3.05) is 6.54 Å². The molecule has 89 valence electrons. The number of carbonyl (C=O) groups excluding carboxylic acids is 1. The van der Waals surface area contributed by atoms with E-state index in [1.165, 1.54) is 12.8 Å². The van der Waals surface area contributed by atoms with Crippen molar-refractivity contribution in [3.05, 3.63) is 6.92 Å². The molecule has 0 rings (SSSR count). The van der Waals surface area contributed by atoms with E-state index in [1.54, 1.807) is 0 Å². The molecule has 1 amide bonds. The van der Waals surface area contributed by atoms with Gasteiger partial charge in [0.15, 0.2) is 0 Å². The lowest BCUT2D eigenvalue weighted by Crippen LogP contribution is -2.31. The highest BCUT2D eigenvalue weighted by Crippen LogP contribution is 2.10. The van der Waals surface area contributed by atoms with Crippen LogP contribution < -0.4 is 5.32 Å². The van der Waals surface area contributed by atoms with Crippen LogP contribution in [0.1, 0.15) is 59.3 Å². The van der Waals surface area contributed by atoms with Crippen LogP contribution in [0.2, 0.25) is 0 Å². The molecule has 0 aliphatic rings. The third kappa shape index (κ3) is 11.4. The van der Waals surface area contributed by atoms with Gasteiger partial charge in [0, 0.05) is 13.0 Å². The third-order valence-electron chi connectivity index (χ3n) is 2.22. The Morgan fingerprint density at radius 1 is 1.13 bits per heavy atom. The molecule has 0 aromatic carbocycles. The zero-order valence-corrected chi connectivity index (χ0v) is 10.6. The molecule has 0 bridgehead atoms. The van der Waals surface area contributed by atoms with Crippen LogP contribution in [-0.2, 0) is 4.79 Å². The number of nitrogens with one attached hydrogen (secondary N) is 1. The van der Waals surface area contributed by atoms with Crippen molar-refractivity contribution in [3.8, 4) is 0 Å². The standard InChI is InChI=1S/C13H26NO/c1-5-6-7-8-9-10-12(15)14-11-13(2,3)4/h1,5-11H2,2-4H3,(H,14,15). The second-order valence-corrected chi connectivity index (χ2v) is 5.36. The largest absolute Gasteiger partial charge is 0.356 e. The van der Waals surface area contributed by atoms with E-state index >= 15 is 0 Å². The minimum absolute atomic E-state index is 0.184. The molecule has 0 heterocycles. The minimum Gasteiger partial charge on any atom is -0.356 e. The van der Waals surface area contributed by atoms with E-state index in [-0.39, 0.29) is 11.3 Å². The van der Waals surface area contributed by atoms with E-state index in [4.69, 9.17) is 0 Å². The maximum absolute atomic E-state index is 11.4. The van der Waals surface area contributed by atoms with Crippen molar-refractivity contribution < 1.29 is 4.79 Å². The number of hydrogen-bond donors (Lipinski definition) is 1. The molecule has 0 spiro atoms. The Labute approximate surface area is 94.8 Å². The quantitative estimate of drug-likeness (QED) is 0.644. The summed E-state index contributed by atoms with van der Waals surface area (Å²) in [6.45, 7) is 10.9. The van der Waals surface area contributed by atoms with Crippen LogP contribution in [0.3, 0.4) is 0 Å². The molecule has 15 heavy (non-hydrogen) atoms. The summed E-state index contributed by atoms with van der Waals surface area (Å²) in [6, 6.07) is 0. The molecule has 0 unspecified atom stereocenters. The molecule has 0 saturated carbocycles. The van der Waals surface area contributed by atoms with Crippen LogP contribution in [-0.4, -0.2) is 12.5 Å². The topological polar surface area (TPSA) is 29.1 Å². The molecule has 0 fully saturated rings. The van der Waals surface area contributed by atoms with E-state index in [1.807, 2.05) is 0 Å². The van der Waals surface area contributed by atoms with E-state index in [2.05, 4.69) is 33.0 Å². The zero-order valence-electron chi connectivity index (χ0n) is 10.6. The van der Waals surface area contributed by atoms with Gasteiger partial charge in [0.1, 0.15) is 0 Å². The predicted octanol–water partition coefficient (Wildman–Crippen LogP) is 3.32. The van der Waals surface area contributed by atoms with E-state index < -0.39 is 0 Å². The molecular formula is C13H26NO. The smallest absolute Gasteiger partial charge is 0.220 e. The van der Waals surface area contributed by atoms with Crippen molar-refractivity contribution in [1.29, 1.82) is 0 Å². The Balaban J connectivity index is 3.34. The maximum Gasteiger partial charge on any atom is 0.220 e. The van der Waals surface area contributed by atoms with Crippen LogP contribution >= 0.6 is 0 Å². The molecule has 0 aliphatic carbocycles. The van der Waals surface area contributed by atoms with E-state index in [9.17, 15) is 4.79 Å². The van der Waals surface area contributed by atoms with Gasteiger partial charge >= 0.3 is 0 Å². The summed E-state index contributed by atoms with van der Waals surface area (Å²) < 4.78 is 0. The number of rotatable bonds is 7. The van der Waals surface area contributed by atoms with Crippen LogP contribution in [0.5, 0.6) is 0 Å². The highest BCUT2D eigenvalue weighted by molar-refractivity contribution is 5.75. The Morgan fingerprint density at radius 2 is 1.73 bits per heavy atom. The number of carbonyl (C=O) groups is 1. The average molecular weight is 212 g/mol. The fourth-order valence-electron chi connectivity index (χ4n) is 1.27. The first-order valence-corrected chi connectivity index (χ1v) is 6.01. The first-order valence-electron chi connectivity index (χ1n) is 6.01. The van der Waals surface area contributed by atoms with Gasteiger partial charge in [0.05, 0.1) is 0 Å². The fourth-order valence-corrected chi connectivity index (χ4v) is 1.27. The highest BCUT2D eigenvalue weighted by Gasteiger charge is 2.11. The summed E-state index contributed by atoms with van der Waals surface area (Å²) in [6.07, 6.45) is 6.23. The lowest BCUT2D eigenvalue weighted by Gasteiger charge is -2.18. The van der Waals surface area contributed by atoms with Gasteiger partial charge in [0.2, 0.25) is 5.91 Å². The van der Waals surface area contributed by atoms with Crippen molar-refractivity contribution in [2.24, 2.45) is 5.41 Å². The summed E-state index contributed by atoms with van der Waals surface area (Å²) in [5, 5.41) is 2.96. The normalized spacial score (nSPS) is 11.5. The molecule has 0 atom stereocenters. The van der Waals surface area contributed by atoms with Crippen LogP contribution in [0.4, 0.5) is 0 Å². The second kappa shape index (κ2) is 7.72. The molecule has 1 radical (unpaired) electrons. The first kappa shape index (κ1) is 14.5. The van der Waals surface area contributed by atoms with Crippen LogP contribution in [0.15, 0.2) is 0 Å². The van der Waals surface area contributed by atoms with Gasteiger partial charge < -0.3 is 5.32 Å². The van der Waals surface area contributed by atoms with Crippen molar-refractivity contribution in [2.45, 2.75) is 59.3 Å². The van der Waals surface area contributed by atoms with Crippen molar-refractivity contribution in [3.63, 3.8) is 0 Å². The van der Waals surface area contributed by atoms with Gasteiger partial charge in [-0.25, -0.2) is 0 Å². The maximum atomic E-state index is 11.4. The van der Waals surface area contributed by atoms with Crippen LogP contribution in [0, 0.1) is 12.3 Å². The van der Waals surface area contributed by atoms with E-state index in [0.717, 1.165) is 25.8 Å². The molecule has 0 saturated heterocycles. The average Bonchev–Trinajstić information content (AvgIpc) is 2.13. The zero-order chi connectivity index (χ0) is 11.7. The molecule has 0 aromatic rings. The molecule has 2 nitrogen and oxygen atoms in total. The Bertz CT molecular complexity index is 170. The summed E-state index contributed by atoms with van der Waals surface area (Å²) in [5.74, 6) is 0.194. The molecule has 2 heteroatoms. The number of amides is 1. The molecule has 1 N–H and O–H groups in total. The van der Waals surface area contributed by atoms with Gasteiger partial charge in [-0.1, -0.05) is 53.4 Å². The molecule has 0 aliphatic heterocycles. The SMILES string of the molecule is [CH2]CCCCCCC(=O)NCC(C)(C)C. The molecular weight excluding hydrogens is 186 g/mol. The Kier molecular flexibility index (Phi) is 7.45. The lowest BCUT2D eigenvalue weighted by atomic mass is 9.97. The monoisotopic (exact) mass is 212 g/mol. The van der Waals surface area contributed by atoms with Gasteiger partial charge in [-0.15, -0.1) is 0 Å². The Morgan fingerprint density at radius 3 is 2.27 bits per heavy atom. The van der Waals surface area contributed by atoms with Gasteiger partial charge in [-0.3, -0.25) is 4.79 Å². The number of hydrogen-bond acceptors (Lipinski definition) is 1. The van der Waals surface area contributed by atoms with Gasteiger partial charge in [-0.2, -0.15) is 0 Å². The fraction of sp³-hybridized carbons (Fsp3) is 0.846. The van der Waals surface area contributed by atoms with Gasteiger partial charge in [-0.05, 0) is 11.8 Å². The summed E-state index contributed by atoms with van der Waals surface area (Å²) in [7, 11) is 0. The highest BCUT2D eigenvalue weighted by atomic mass is 16.1. The Hall–Kier alpha value is -0.530. The lowest BCUT2D eigenvalue weighted by molar-refractivity contribution is -0.121.